The molecule has 0 saturated heterocycles. The Bertz CT molecular complexity index is 529. The molecule has 0 aliphatic heterocycles. The van der Waals surface area contributed by atoms with Gasteiger partial charge in [-0.25, -0.2) is 0 Å². The number of aromatic amines is 2. The summed E-state index contributed by atoms with van der Waals surface area (Å²) in [5, 5.41) is 7.40. The van der Waals surface area contributed by atoms with Crippen LogP contribution < -0.4 is 10.9 Å². The number of aromatic nitrogens is 3. The fourth-order valence-electron chi connectivity index (χ4n) is 1.22. The van der Waals surface area contributed by atoms with Gasteiger partial charge in [-0.15, -0.1) is 0 Å². The lowest BCUT2D eigenvalue weighted by Gasteiger charge is -2.01. The van der Waals surface area contributed by atoms with Crippen molar-refractivity contribution in [2.45, 2.75) is 6.54 Å². The minimum absolute atomic E-state index is 0.209. The second-order valence-corrected chi connectivity index (χ2v) is 3.18. The van der Waals surface area contributed by atoms with Crippen molar-refractivity contribution in [3.8, 4) is 0 Å². The lowest BCUT2D eigenvalue weighted by Crippen LogP contribution is -2.23. The molecule has 0 atom stereocenters. The quantitative estimate of drug-likeness (QED) is 0.678. The van der Waals surface area contributed by atoms with E-state index in [-0.39, 0.29) is 17.2 Å². The highest BCUT2D eigenvalue weighted by molar-refractivity contribution is 5.91. The highest BCUT2D eigenvalue weighted by Crippen LogP contribution is 1.94. The van der Waals surface area contributed by atoms with Gasteiger partial charge in [0.25, 0.3) is 11.5 Å². The maximum absolute atomic E-state index is 11.5. The van der Waals surface area contributed by atoms with Gasteiger partial charge in [0.15, 0.2) is 0 Å². The van der Waals surface area contributed by atoms with Crippen molar-refractivity contribution < 1.29 is 4.79 Å². The molecule has 2 rings (SSSR count). The van der Waals surface area contributed by atoms with Crippen LogP contribution in [0.15, 0.2) is 35.3 Å². The van der Waals surface area contributed by atoms with Crippen LogP contribution in [0.2, 0.25) is 0 Å². The zero-order valence-corrected chi connectivity index (χ0v) is 8.36. The number of nitrogens with one attached hydrogen (secondary N) is 3. The van der Waals surface area contributed by atoms with E-state index in [9.17, 15) is 9.59 Å². The molecule has 0 aromatic carbocycles. The summed E-state index contributed by atoms with van der Waals surface area (Å²) in [5.41, 5.74) is 0.637. The number of carbonyl (C=O) groups is 1. The average molecular weight is 218 g/mol. The van der Waals surface area contributed by atoms with Crippen LogP contribution in [0.1, 0.15) is 16.2 Å². The summed E-state index contributed by atoms with van der Waals surface area (Å²) >= 11 is 0. The first kappa shape index (κ1) is 10.2. The Morgan fingerprint density at radius 3 is 2.88 bits per heavy atom. The summed E-state index contributed by atoms with van der Waals surface area (Å²) in [6.07, 6.45) is 1.65. The molecule has 0 aliphatic carbocycles. The van der Waals surface area contributed by atoms with Gasteiger partial charge in [0, 0.05) is 12.3 Å². The second-order valence-electron chi connectivity index (χ2n) is 3.18. The minimum Gasteiger partial charge on any atom is -0.345 e. The van der Waals surface area contributed by atoms with E-state index >= 15 is 0 Å². The molecular formula is C10H10N4O2. The van der Waals surface area contributed by atoms with Gasteiger partial charge in [0.1, 0.15) is 5.69 Å². The van der Waals surface area contributed by atoms with Crippen LogP contribution >= 0.6 is 0 Å². The Kier molecular flexibility index (Phi) is 2.81. The second kappa shape index (κ2) is 4.43. The summed E-state index contributed by atoms with van der Waals surface area (Å²) in [7, 11) is 0. The molecule has 0 aliphatic rings. The van der Waals surface area contributed by atoms with Crippen molar-refractivity contribution in [3.05, 3.63) is 52.2 Å². The Morgan fingerprint density at radius 1 is 1.38 bits per heavy atom. The zero-order chi connectivity index (χ0) is 11.4. The van der Waals surface area contributed by atoms with Gasteiger partial charge in [0.05, 0.1) is 12.2 Å². The van der Waals surface area contributed by atoms with E-state index in [1.54, 1.807) is 18.3 Å². The number of carbonyl (C=O) groups excluding carboxylic acids is 1. The van der Waals surface area contributed by atoms with Crippen LogP contribution in [-0.2, 0) is 6.54 Å². The fraction of sp³-hybridized carbons (Fsp3) is 0.100. The third-order valence-electron chi connectivity index (χ3n) is 2.00. The van der Waals surface area contributed by atoms with Gasteiger partial charge in [-0.05, 0) is 12.1 Å². The summed E-state index contributed by atoms with van der Waals surface area (Å²) < 4.78 is 0. The number of pyridine rings is 1. The minimum atomic E-state index is -0.344. The number of amides is 1. The van der Waals surface area contributed by atoms with Crippen LogP contribution in [0, 0.1) is 0 Å². The summed E-state index contributed by atoms with van der Waals surface area (Å²) in [6.45, 7) is 0.326. The topological polar surface area (TPSA) is 90.6 Å². The highest BCUT2D eigenvalue weighted by atomic mass is 16.2. The van der Waals surface area contributed by atoms with Crippen molar-refractivity contribution in [3.63, 3.8) is 0 Å². The summed E-state index contributed by atoms with van der Waals surface area (Å²) in [6, 6.07) is 6.65. The van der Waals surface area contributed by atoms with Gasteiger partial charge in [-0.1, -0.05) is 6.07 Å². The highest BCUT2D eigenvalue weighted by Gasteiger charge is 2.07. The van der Waals surface area contributed by atoms with Crippen LogP contribution in [0.4, 0.5) is 0 Å². The summed E-state index contributed by atoms with van der Waals surface area (Å²) in [4.78, 5) is 26.3. The molecule has 0 radical (unpaired) electrons. The van der Waals surface area contributed by atoms with E-state index in [0.29, 0.717) is 6.54 Å². The Balaban J connectivity index is 1.97. The number of hydrogen-bond acceptors (Lipinski definition) is 3. The maximum Gasteiger partial charge on any atom is 0.269 e. The molecule has 0 spiro atoms. The SMILES string of the molecule is O=C(NCc1ccccn1)c1cc(=O)[nH][nH]1. The van der Waals surface area contributed by atoms with Crippen LogP contribution in [0.25, 0.3) is 0 Å². The lowest BCUT2D eigenvalue weighted by molar-refractivity contribution is 0.0945. The first-order chi connectivity index (χ1) is 7.75. The average Bonchev–Trinajstić information content (AvgIpc) is 2.74. The standard InChI is InChI=1S/C10H10N4O2/c15-9-5-8(13-14-9)10(16)12-6-7-3-1-2-4-11-7/h1-5H,6H2,(H,12,16)(H2,13,14,15). The Labute approximate surface area is 90.7 Å². The van der Waals surface area contributed by atoms with E-state index in [2.05, 4.69) is 20.5 Å². The largest absolute Gasteiger partial charge is 0.345 e. The van der Waals surface area contributed by atoms with Crippen LogP contribution in [-0.4, -0.2) is 21.1 Å². The predicted molar refractivity (Wildman–Crippen MR) is 56.8 cm³/mol. The Hall–Kier alpha value is -2.37. The third-order valence-corrected chi connectivity index (χ3v) is 2.00. The molecule has 0 bridgehead atoms. The number of rotatable bonds is 3. The van der Waals surface area contributed by atoms with Crippen molar-refractivity contribution in [2.24, 2.45) is 0 Å². The molecule has 16 heavy (non-hydrogen) atoms. The summed E-state index contributed by atoms with van der Waals surface area (Å²) in [5.74, 6) is -0.344. The van der Waals surface area contributed by atoms with E-state index < -0.39 is 0 Å². The predicted octanol–water partition coefficient (Wildman–Crippen LogP) is 0.0280. The lowest BCUT2D eigenvalue weighted by atomic mass is 10.3. The molecule has 2 aromatic rings. The third kappa shape index (κ3) is 2.35. The number of H-pyrrole nitrogens is 2. The zero-order valence-electron chi connectivity index (χ0n) is 8.36. The first-order valence-electron chi connectivity index (χ1n) is 4.71. The van der Waals surface area contributed by atoms with Gasteiger partial charge in [-0.3, -0.25) is 24.8 Å². The molecule has 82 valence electrons. The van der Waals surface area contributed by atoms with Crippen molar-refractivity contribution >= 4 is 5.91 Å². The van der Waals surface area contributed by atoms with E-state index in [4.69, 9.17) is 0 Å². The van der Waals surface area contributed by atoms with Crippen LogP contribution in [0.5, 0.6) is 0 Å². The smallest absolute Gasteiger partial charge is 0.269 e. The van der Waals surface area contributed by atoms with Crippen LogP contribution in [0.3, 0.4) is 0 Å². The first-order valence-corrected chi connectivity index (χ1v) is 4.71. The van der Waals surface area contributed by atoms with Gasteiger partial charge in [0.2, 0.25) is 0 Å². The molecule has 6 nitrogen and oxygen atoms in total. The monoisotopic (exact) mass is 218 g/mol. The molecule has 2 heterocycles. The number of hydrogen-bond donors (Lipinski definition) is 3. The molecular weight excluding hydrogens is 208 g/mol. The molecule has 0 unspecified atom stereocenters. The molecule has 6 heteroatoms. The van der Waals surface area contributed by atoms with E-state index in [1.807, 2.05) is 6.07 Å². The number of nitrogens with zero attached hydrogens (tertiary/aromatic N) is 1. The Morgan fingerprint density at radius 2 is 2.25 bits per heavy atom. The normalized spacial score (nSPS) is 10.0. The van der Waals surface area contributed by atoms with Gasteiger partial charge >= 0.3 is 0 Å². The van der Waals surface area contributed by atoms with E-state index in [0.717, 1.165) is 5.69 Å². The van der Waals surface area contributed by atoms with Gasteiger partial charge < -0.3 is 5.32 Å². The van der Waals surface area contributed by atoms with Crippen molar-refractivity contribution in [1.29, 1.82) is 0 Å². The molecule has 1 amide bonds. The van der Waals surface area contributed by atoms with Crippen molar-refractivity contribution in [2.75, 3.05) is 0 Å². The van der Waals surface area contributed by atoms with E-state index in [1.165, 1.54) is 6.07 Å². The molecule has 0 saturated carbocycles. The van der Waals surface area contributed by atoms with Gasteiger partial charge in [-0.2, -0.15) is 0 Å². The maximum atomic E-state index is 11.5. The molecule has 0 fully saturated rings. The molecule has 3 N–H and O–H groups in total. The molecule has 2 aromatic heterocycles. The fourth-order valence-corrected chi connectivity index (χ4v) is 1.22. The van der Waals surface area contributed by atoms with Crippen molar-refractivity contribution in [1.82, 2.24) is 20.5 Å².